The average Bonchev–Trinajstić information content (AvgIpc) is 2.87. The van der Waals surface area contributed by atoms with Gasteiger partial charge in [-0.15, -0.1) is 24.8 Å². The lowest BCUT2D eigenvalue weighted by molar-refractivity contribution is -0.116. The molecule has 4 rings (SSSR count). The van der Waals surface area contributed by atoms with Gasteiger partial charge < -0.3 is 24.4 Å². The van der Waals surface area contributed by atoms with Gasteiger partial charge in [0.1, 0.15) is 0 Å². The normalized spacial score (nSPS) is 15.1. The summed E-state index contributed by atoms with van der Waals surface area (Å²) in [6, 6.07) is 9.58. The molecule has 0 saturated carbocycles. The predicted octanol–water partition coefficient (Wildman–Crippen LogP) is 4.23. The van der Waals surface area contributed by atoms with Crippen molar-refractivity contribution in [1.82, 2.24) is 4.90 Å². The van der Waals surface area contributed by atoms with Crippen molar-refractivity contribution in [3.05, 3.63) is 41.5 Å². The number of rotatable bonds is 9. The third kappa shape index (κ3) is 6.75. The Labute approximate surface area is 225 Å². The van der Waals surface area contributed by atoms with Gasteiger partial charge >= 0.3 is 0 Å². The molecule has 2 aromatic rings. The average molecular weight is 540 g/mol. The fraction of sp³-hybridized carbons (Fsp3) is 0.462. The van der Waals surface area contributed by atoms with Gasteiger partial charge in [0.05, 0.1) is 21.3 Å². The van der Waals surface area contributed by atoms with E-state index < -0.39 is 0 Å². The van der Waals surface area contributed by atoms with E-state index in [9.17, 15) is 9.59 Å². The zero-order valence-corrected chi connectivity index (χ0v) is 22.6. The Bertz CT molecular complexity index is 1030. The SMILES string of the molecule is COc1cc(N2CCN(CCCC(=O)c3ccc4c(c3)CCC(=O)N4)CC2)cc(OC)c1OC.Cl.Cl. The maximum atomic E-state index is 12.7. The zero-order valence-electron chi connectivity index (χ0n) is 21.0. The molecule has 2 aliphatic rings. The Balaban J connectivity index is 0.00000228. The number of nitrogens with one attached hydrogen (secondary N) is 1. The number of anilines is 2. The van der Waals surface area contributed by atoms with Gasteiger partial charge in [-0.1, -0.05) is 0 Å². The van der Waals surface area contributed by atoms with Crippen molar-refractivity contribution in [2.75, 3.05) is 64.3 Å². The molecule has 0 radical (unpaired) electrons. The zero-order chi connectivity index (χ0) is 24.1. The van der Waals surface area contributed by atoms with Gasteiger partial charge in [-0.05, 0) is 43.1 Å². The van der Waals surface area contributed by atoms with E-state index in [1.54, 1.807) is 21.3 Å². The molecule has 2 heterocycles. The topological polar surface area (TPSA) is 80.3 Å². The van der Waals surface area contributed by atoms with E-state index in [1.165, 1.54) is 0 Å². The molecule has 0 spiro atoms. The van der Waals surface area contributed by atoms with Crippen LogP contribution < -0.4 is 24.4 Å². The monoisotopic (exact) mass is 539 g/mol. The van der Waals surface area contributed by atoms with Crippen LogP contribution in [-0.2, 0) is 11.2 Å². The highest BCUT2D eigenvalue weighted by molar-refractivity contribution is 5.99. The number of carbonyl (C=O) groups excluding carboxylic acids is 2. The summed E-state index contributed by atoms with van der Waals surface area (Å²) in [5, 5.41) is 2.86. The molecule has 2 aliphatic heterocycles. The number of benzene rings is 2. The first kappa shape index (κ1) is 29.5. The largest absolute Gasteiger partial charge is 0.493 e. The molecule has 1 saturated heterocycles. The lowest BCUT2D eigenvalue weighted by Gasteiger charge is -2.36. The third-order valence-electron chi connectivity index (χ3n) is 6.59. The lowest BCUT2D eigenvalue weighted by atomic mass is 9.97. The van der Waals surface area contributed by atoms with Gasteiger partial charge in [-0.25, -0.2) is 0 Å². The van der Waals surface area contributed by atoms with E-state index >= 15 is 0 Å². The number of ether oxygens (including phenoxy) is 3. The van der Waals surface area contributed by atoms with Crippen molar-refractivity contribution in [3.63, 3.8) is 0 Å². The number of carbonyl (C=O) groups is 2. The van der Waals surface area contributed by atoms with Crippen LogP contribution in [0.25, 0.3) is 0 Å². The Morgan fingerprint density at radius 1 is 0.917 bits per heavy atom. The predicted molar refractivity (Wildman–Crippen MR) is 146 cm³/mol. The Hall–Kier alpha value is -2.68. The first-order valence-corrected chi connectivity index (χ1v) is 11.8. The smallest absolute Gasteiger partial charge is 0.224 e. The van der Waals surface area contributed by atoms with Crippen LogP contribution in [0.1, 0.15) is 35.2 Å². The highest BCUT2D eigenvalue weighted by atomic mass is 35.5. The van der Waals surface area contributed by atoms with Crippen LogP contribution in [0.2, 0.25) is 0 Å². The minimum Gasteiger partial charge on any atom is -0.493 e. The summed E-state index contributed by atoms with van der Waals surface area (Å²) < 4.78 is 16.4. The fourth-order valence-corrected chi connectivity index (χ4v) is 4.64. The molecule has 1 N–H and O–H groups in total. The van der Waals surface area contributed by atoms with E-state index in [-0.39, 0.29) is 36.5 Å². The molecule has 8 nitrogen and oxygen atoms in total. The number of halogens is 2. The number of nitrogens with zero attached hydrogens (tertiary/aromatic N) is 2. The van der Waals surface area contributed by atoms with E-state index in [4.69, 9.17) is 14.2 Å². The molecule has 36 heavy (non-hydrogen) atoms. The number of methoxy groups -OCH3 is 3. The standard InChI is InChI=1S/C26H33N3O5.2ClH/c1-32-23-16-20(17-24(33-2)26(23)34-3)29-13-11-28(12-14-29)10-4-5-22(30)19-6-8-21-18(15-19)7-9-25(31)27-21;;/h6,8,15-17H,4-5,7,9-14H2,1-3H3,(H,27,31);2*1H. The van der Waals surface area contributed by atoms with Crippen LogP contribution in [0, 0.1) is 0 Å². The molecular weight excluding hydrogens is 505 g/mol. The van der Waals surface area contributed by atoms with Gasteiger partial charge in [0.2, 0.25) is 11.7 Å². The molecular formula is C26H35Cl2N3O5. The second kappa shape index (κ2) is 13.6. The van der Waals surface area contributed by atoms with Crippen LogP contribution in [0.3, 0.4) is 0 Å². The third-order valence-corrected chi connectivity index (χ3v) is 6.59. The first-order valence-electron chi connectivity index (χ1n) is 11.8. The minimum absolute atomic E-state index is 0. The lowest BCUT2D eigenvalue weighted by Crippen LogP contribution is -2.46. The van der Waals surface area contributed by atoms with Crippen molar-refractivity contribution < 1.29 is 23.8 Å². The van der Waals surface area contributed by atoms with Crippen molar-refractivity contribution >= 4 is 47.9 Å². The second-order valence-corrected chi connectivity index (χ2v) is 8.66. The van der Waals surface area contributed by atoms with Crippen molar-refractivity contribution in [1.29, 1.82) is 0 Å². The van der Waals surface area contributed by atoms with E-state index in [1.807, 2.05) is 30.3 Å². The van der Waals surface area contributed by atoms with Crippen molar-refractivity contribution in [3.8, 4) is 17.2 Å². The second-order valence-electron chi connectivity index (χ2n) is 8.66. The van der Waals surface area contributed by atoms with Crippen LogP contribution in [-0.4, -0.2) is 70.6 Å². The number of fused-ring (bicyclic) bond motifs is 1. The van der Waals surface area contributed by atoms with Gasteiger partial charge in [0.15, 0.2) is 17.3 Å². The van der Waals surface area contributed by atoms with Crippen molar-refractivity contribution in [2.24, 2.45) is 0 Å². The number of ketones is 1. The summed E-state index contributed by atoms with van der Waals surface area (Å²) in [5.41, 5.74) is 3.67. The molecule has 1 amide bonds. The van der Waals surface area contributed by atoms with Crippen LogP contribution in [0.5, 0.6) is 17.2 Å². The maximum absolute atomic E-state index is 12.7. The molecule has 0 unspecified atom stereocenters. The van der Waals surface area contributed by atoms with Crippen LogP contribution >= 0.6 is 24.8 Å². The number of amides is 1. The Morgan fingerprint density at radius 3 is 2.19 bits per heavy atom. The number of aryl methyl sites for hydroxylation is 1. The minimum atomic E-state index is 0. The summed E-state index contributed by atoms with van der Waals surface area (Å²) in [4.78, 5) is 28.9. The van der Waals surface area contributed by atoms with Crippen LogP contribution in [0.4, 0.5) is 11.4 Å². The van der Waals surface area contributed by atoms with E-state index in [0.717, 1.165) is 61.6 Å². The molecule has 0 aromatic heterocycles. The Kier molecular flexibility index (Phi) is 11.1. The summed E-state index contributed by atoms with van der Waals surface area (Å²) in [5.74, 6) is 2.11. The Morgan fingerprint density at radius 2 is 1.58 bits per heavy atom. The maximum Gasteiger partial charge on any atom is 0.224 e. The number of Topliss-reactive ketones (excluding diaryl/α,β-unsaturated/α-hetero) is 1. The summed E-state index contributed by atoms with van der Waals surface area (Å²) >= 11 is 0. The van der Waals surface area contributed by atoms with Gasteiger partial charge in [0.25, 0.3) is 0 Å². The highest BCUT2D eigenvalue weighted by Crippen LogP contribution is 2.41. The van der Waals surface area contributed by atoms with E-state index in [0.29, 0.717) is 36.5 Å². The van der Waals surface area contributed by atoms with Crippen LogP contribution in [0.15, 0.2) is 30.3 Å². The molecule has 198 valence electrons. The first-order chi connectivity index (χ1) is 16.5. The molecule has 2 aromatic carbocycles. The van der Waals surface area contributed by atoms with Gasteiger partial charge in [-0.3, -0.25) is 14.5 Å². The number of hydrogen-bond acceptors (Lipinski definition) is 7. The summed E-state index contributed by atoms with van der Waals surface area (Å²) in [7, 11) is 4.86. The quantitative estimate of drug-likeness (QED) is 0.477. The fourth-order valence-electron chi connectivity index (χ4n) is 4.64. The summed E-state index contributed by atoms with van der Waals surface area (Å²) in [6.45, 7) is 4.55. The molecule has 0 bridgehead atoms. The van der Waals surface area contributed by atoms with E-state index in [2.05, 4.69) is 15.1 Å². The molecule has 0 aliphatic carbocycles. The number of hydrogen-bond donors (Lipinski definition) is 1. The highest BCUT2D eigenvalue weighted by Gasteiger charge is 2.21. The van der Waals surface area contributed by atoms with Gasteiger partial charge in [-0.2, -0.15) is 0 Å². The summed E-state index contributed by atoms with van der Waals surface area (Å²) in [6.07, 6.45) is 2.53. The molecule has 0 atom stereocenters. The molecule has 10 heteroatoms. The number of piperazine rings is 1. The van der Waals surface area contributed by atoms with Crippen molar-refractivity contribution in [2.45, 2.75) is 25.7 Å². The van der Waals surface area contributed by atoms with Gasteiger partial charge in [0, 0.05) is 68.1 Å². The molecule has 1 fully saturated rings.